The van der Waals surface area contributed by atoms with Crippen molar-refractivity contribution in [2.45, 2.75) is 0 Å². The van der Waals surface area contributed by atoms with E-state index in [4.69, 9.17) is 4.74 Å². The highest BCUT2D eigenvalue weighted by Gasteiger charge is 2.22. The van der Waals surface area contributed by atoms with E-state index in [-0.39, 0.29) is 21.1 Å². The van der Waals surface area contributed by atoms with Gasteiger partial charge in [0.25, 0.3) is 5.56 Å². The fourth-order valence-corrected chi connectivity index (χ4v) is 2.91. The molecule has 112 valence electrons. The highest BCUT2D eigenvalue weighted by molar-refractivity contribution is 9.10. The fourth-order valence-electron chi connectivity index (χ4n) is 2.30. The number of aromatic nitrogens is 2. The second-order valence-electron chi connectivity index (χ2n) is 4.50. The smallest absolute Gasteiger partial charge is 0.259 e. The van der Waals surface area contributed by atoms with Gasteiger partial charge in [-0.2, -0.15) is 0 Å². The van der Waals surface area contributed by atoms with Gasteiger partial charge in [-0.15, -0.1) is 0 Å². The molecule has 1 aromatic heterocycles. The van der Waals surface area contributed by atoms with Gasteiger partial charge in [-0.25, -0.2) is 13.8 Å². The van der Waals surface area contributed by atoms with Gasteiger partial charge in [-0.1, -0.05) is 12.1 Å². The molecule has 0 aliphatic carbocycles. The van der Waals surface area contributed by atoms with Crippen LogP contribution in [0.3, 0.4) is 0 Å². The van der Waals surface area contributed by atoms with E-state index in [0.717, 1.165) is 0 Å². The molecule has 0 saturated heterocycles. The SMILES string of the molecule is COc1c(F)c(Br)c(-c2ccc(F)cc2)c2c(=O)[nH]cnc12. The van der Waals surface area contributed by atoms with Gasteiger partial charge < -0.3 is 9.72 Å². The monoisotopic (exact) mass is 366 g/mol. The lowest BCUT2D eigenvalue weighted by molar-refractivity contribution is 0.390. The summed E-state index contributed by atoms with van der Waals surface area (Å²) in [5.74, 6) is -1.23. The predicted octanol–water partition coefficient (Wildman–Crippen LogP) is 3.64. The average molecular weight is 367 g/mol. The van der Waals surface area contributed by atoms with Crippen molar-refractivity contribution in [2.24, 2.45) is 0 Å². The minimum Gasteiger partial charge on any atom is -0.491 e. The molecule has 0 fully saturated rings. The molecule has 0 saturated carbocycles. The van der Waals surface area contributed by atoms with Crippen molar-refractivity contribution in [3.8, 4) is 16.9 Å². The largest absolute Gasteiger partial charge is 0.491 e. The van der Waals surface area contributed by atoms with Crippen LogP contribution < -0.4 is 10.3 Å². The number of aromatic amines is 1. The number of nitrogens with zero attached hydrogens (tertiary/aromatic N) is 1. The molecule has 0 spiro atoms. The third kappa shape index (κ3) is 2.18. The third-order valence-electron chi connectivity index (χ3n) is 3.27. The molecule has 3 rings (SSSR count). The quantitative estimate of drug-likeness (QED) is 0.753. The van der Waals surface area contributed by atoms with Gasteiger partial charge in [0.1, 0.15) is 11.3 Å². The Bertz CT molecular complexity index is 923. The normalized spacial score (nSPS) is 10.9. The summed E-state index contributed by atoms with van der Waals surface area (Å²) in [6.45, 7) is 0. The summed E-state index contributed by atoms with van der Waals surface area (Å²) in [5.41, 5.74) is 0.440. The molecular weight excluding hydrogens is 358 g/mol. The first-order valence-electron chi connectivity index (χ1n) is 6.23. The van der Waals surface area contributed by atoms with Gasteiger partial charge >= 0.3 is 0 Å². The second kappa shape index (κ2) is 5.49. The van der Waals surface area contributed by atoms with Crippen molar-refractivity contribution in [2.75, 3.05) is 7.11 Å². The van der Waals surface area contributed by atoms with Crippen molar-refractivity contribution < 1.29 is 13.5 Å². The van der Waals surface area contributed by atoms with Crippen LogP contribution in [0.2, 0.25) is 0 Å². The molecule has 0 aliphatic heterocycles. The van der Waals surface area contributed by atoms with Crippen molar-refractivity contribution in [1.82, 2.24) is 9.97 Å². The van der Waals surface area contributed by atoms with Crippen LogP contribution in [-0.2, 0) is 0 Å². The van der Waals surface area contributed by atoms with E-state index in [0.29, 0.717) is 11.1 Å². The molecule has 2 aromatic carbocycles. The van der Waals surface area contributed by atoms with Crippen LogP contribution in [-0.4, -0.2) is 17.1 Å². The fraction of sp³-hybridized carbons (Fsp3) is 0.0667. The van der Waals surface area contributed by atoms with E-state index in [1.165, 1.54) is 37.7 Å². The molecule has 0 radical (unpaired) electrons. The van der Waals surface area contributed by atoms with E-state index in [1.807, 2.05) is 0 Å². The average Bonchev–Trinajstić information content (AvgIpc) is 2.51. The maximum absolute atomic E-state index is 14.5. The Hall–Kier alpha value is -2.28. The summed E-state index contributed by atoms with van der Waals surface area (Å²) in [5, 5.41) is 0.166. The standard InChI is InChI=1S/C15H9BrF2N2O2/c1-22-14-12(18)11(16)9(7-2-4-8(17)5-3-7)10-13(14)19-6-20-15(10)21/h2-6H,1H3,(H,19,20,21). The number of ether oxygens (including phenoxy) is 1. The van der Waals surface area contributed by atoms with Gasteiger partial charge in [0.15, 0.2) is 11.6 Å². The van der Waals surface area contributed by atoms with E-state index < -0.39 is 17.2 Å². The number of halogens is 3. The Balaban J connectivity index is 2.51. The zero-order chi connectivity index (χ0) is 15.9. The molecule has 3 aromatic rings. The number of hydrogen-bond acceptors (Lipinski definition) is 3. The molecule has 0 atom stereocenters. The summed E-state index contributed by atoms with van der Waals surface area (Å²) in [6, 6.07) is 5.40. The predicted molar refractivity (Wildman–Crippen MR) is 82.0 cm³/mol. The zero-order valence-electron chi connectivity index (χ0n) is 11.3. The van der Waals surface area contributed by atoms with Gasteiger partial charge in [-0.3, -0.25) is 4.79 Å². The Morgan fingerprint density at radius 1 is 1.23 bits per heavy atom. The molecule has 0 unspecified atom stereocenters. The van der Waals surface area contributed by atoms with Crippen LogP contribution in [0.15, 0.2) is 39.9 Å². The minimum absolute atomic E-state index is 0.0574. The maximum Gasteiger partial charge on any atom is 0.259 e. The van der Waals surface area contributed by atoms with E-state index >= 15 is 0 Å². The number of rotatable bonds is 2. The van der Waals surface area contributed by atoms with Crippen molar-refractivity contribution in [3.63, 3.8) is 0 Å². The Kier molecular flexibility index (Phi) is 3.66. The molecule has 0 bridgehead atoms. The first-order valence-corrected chi connectivity index (χ1v) is 7.02. The maximum atomic E-state index is 14.5. The summed E-state index contributed by atoms with van der Waals surface area (Å²) < 4.78 is 32.7. The Morgan fingerprint density at radius 3 is 2.55 bits per heavy atom. The molecule has 1 heterocycles. The molecule has 7 heteroatoms. The number of hydrogen-bond donors (Lipinski definition) is 1. The van der Waals surface area contributed by atoms with Crippen molar-refractivity contribution in [1.29, 1.82) is 0 Å². The molecule has 4 nitrogen and oxygen atoms in total. The number of fused-ring (bicyclic) bond motifs is 1. The van der Waals surface area contributed by atoms with Gasteiger partial charge in [0.2, 0.25) is 0 Å². The van der Waals surface area contributed by atoms with Crippen LogP contribution >= 0.6 is 15.9 Å². The van der Waals surface area contributed by atoms with Gasteiger partial charge in [-0.05, 0) is 33.6 Å². The highest BCUT2D eigenvalue weighted by atomic mass is 79.9. The number of methoxy groups -OCH3 is 1. The molecule has 0 amide bonds. The van der Waals surface area contributed by atoms with Crippen LogP contribution in [0, 0.1) is 11.6 Å². The summed E-state index contributed by atoms with van der Waals surface area (Å²) in [6.07, 6.45) is 1.18. The molecule has 1 N–H and O–H groups in total. The lowest BCUT2D eigenvalue weighted by Gasteiger charge is -2.13. The topological polar surface area (TPSA) is 55.0 Å². The van der Waals surface area contributed by atoms with Crippen molar-refractivity contribution >= 4 is 26.8 Å². The van der Waals surface area contributed by atoms with E-state index in [2.05, 4.69) is 25.9 Å². The minimum atomic E-state index is -0.674. The number of nitrogens with one attached hydrogen (secondary N) is 1. The second-order valence-corrected chi connectivity index (χ2v) is 5.29. The highest BCUT2D eigenvalue weighted by Crippen LogP contribution is 2.40. The van der Waals surface area contributed by atoms with E-state index in [9.17, 15) is 13.6 Å². The van der Waals surface area contributed by atoms with Crippen LogP contribution in [0.1, 0.15) is 0 Å². The Labute approximate surface area is 131 Å². The van der Waals surface area contributed by atoms with Gasteiger partial charge in [0, 0.05) is 5.56 Å². The molecular formula is C15H9BrF2N2O2. The third-order valence-corrected chi connectivity index (χ3v) is 4.01. The molecule has 0 aliphatic rings. The van der Waals surface area contributed by atoms with Crippen LogP contribution in [0.5, 0.6) is 5.75 Å². The summed E-state index contributed by atoms with van der Waals surface area (Å²) in [4.78, 5) is 18.7. The van der Waals surface area contributed by atoms with Crippen LogP contribution in [0.4, 0.5) is 8.78 Å². The lowest BCUT2D eigenvalue weighted by atomic mass is 10.0. The Morgan fingerprint density at radius 2 is 1.91 bits per heavy atom. The molecule has 22 heavy (non-hydrogen) atoms. The summed E-state index contributed by atoms with van der Waals surface area (Å²) >= 11 is 3.15. The lowest BCUT2D eigenvalue weighted by Crippen LogP contribution is -2.10. The first-order chi connectivity index (χ1) is 10.5. The first kappa shape index (κ1) is 14.6. The summed E-state index contributed by atoms with van der Waals surface area (Å²) in [7, 11) is 1.30. The van der Waals surface area contributed by atoms with Gasteiger partial charge in [0.05, 0.1) is 23.3 Å². The number of H-pyrrole nitrogens is 1. The van der Waals surface area contributed by atoms with Crippen LogP contribution in [0.25, 0.3) is 22.0 Å². The van der Waals surface area contributed by atoms with E-state index in [1.54, 1.807) is 0 Å². The number of benzene rings is 2. The zero-order valence-corrected chi connectivity index (χ0v) is 12.9. The van der Waals surface area contributed by atoms with Crippen molar-refractivity contribution in [3.05, 3.63) is 57.1 Å².